The molecule has 0 radical (unpaired) electrons. The van der Waals surface area contributed by atoms with E-state index >= 15 is 0 Å². The lowest BCUT2D eigenvalue weighted by atomic mass is 10.0. The normalized spacial score (nSPS) is 17.1. The third kappa shape index (κ3) is 5.32. The lowest BCUT2D eigenvalue weighted by Crippen LogP contribution is -2.50. The highest BCUT2D eigenvalue weighted by Gasteiger charge is 2.39. The van der Waals surface area contributed by atoms with Crippen LogP contribution < -0.4 is 5.32 Å². The molecular weight excluding hydrogens is 455 g/mol. The SMILES string of the molecule is C=C1CCN([C@@H](CC(C)C)C(=O)NCc2ccc(Cl)c(Cl)c2)S(=O)(=O)c2ccccc21. The van der Waals surface area contributed by atoms with Crippen molar-refractivity contribution in [3.05, 3.63) is 70.2 Å². The largest absolute Gasteiger partial charge is 0.351 e. The summed E-state index contributed by atoms with van der Waals surface area (Å²) in [5, 5.41) is 3.71. The number of nitrogens with one attached hydrogen (secondary N) is 1. The maximum atomic E-state index is 13.5. The molecule has 0 spiro atoms. The average molecular weight is 481 g/mol. The zero-order chi connectivity index (χ0) is 22.8. The molecule has 0 saturated carbocycles. The fourth-order valence-electron chi connectivity index (χ4n) is 3.69. The Labute approximate surface area is 194 Å². The van der Waals surface area contributed by atoms with Gasteiger partial charge in [-0.1, -0.05) is 67.9 Å². The Morgan fingerprint density at radius 2 is 1.87 bits per heavy atom. The van der Waals surface area contributed by atoms with E-state index in [4.69, 9.17) is 23.2 Å². The molecular formula is C23H26Cl2N2O3S. The molecule has 3 rings (SSSR count). The van der Waals surface area contributed by atoms with Crippen LogP contribution in [0.4, 0.5) is 0 Å². The van der Waals surface area contributed by atoms with Crippen molar-refractivity contribution in [2.24, 2.45) is 5.92 Å². The summed E-state index contributed by atoms with van der Waals surface area (Å²) in [7, 11) is -3.86. The molecule has 0 fully saturated rings. The van der Waals surface area contributed by atoms with Gasteiger partial charge < -0.3 is 5.32 Å². The summed E-state index contributed by atoms with van der Waals surface area (Å²) in [5.74, 6) is -0.217. The van der Waals surface area contributed by atoms with Gasteiger partial charge in [-0.25, -0.2) is 8.42 Å². The first-order valence-corrected chi connectivity index (χ1v) is 12.3. The highest BCUT2D eigenvalue weighted by atomic mass is 35.5. The van der Waals surface area contributed by atoms with Crippen LogP contribution in [0.25, 0.3) is 5.57 Å². The number of fused-ring (bicyclic) bond motifs is 1. The number of halogens is 2. The van der Waals surface area contributed by atoms with Gasteiger partial charge in [-0.15, -0.1) is 0 Å². The third-order valence-corrected chi connectivity index (χ3v) is 7.99. The van der Waals surface area contributed by atoms with Crippen molar-refractivity contribution in [1.82, 2.24) is 9.62 Å². The summed E-state index contributed by atoms with van der Waals surface area (Å²) < 4.78 is 28.4. The monoisotopic (exact) mass is 480 g/mol. The van der Waals surface area contributed by atoms with Crippen molar-refractivity contribution in [3.63, 3.8) is 0 Å². The first kappa shape index (κ1) is 23.8. The fourth-order valence-corrected chi connectivity index (χ4v) is 5.85. The highest BCUT2D eigenvalue weighted by Crippen LogP contribution is 2.33. The molecule has 0 unspecified atom stereocenters. The minimum atomic E-state index is -3.86. The average Bonchev–Trinajstić information content (AvgIpc) is 2.82. The maximum absolute atomic E-state index is 13.5. The van der Waals surface area contributed by atoms with Gasteiger partial charge in [0.25, 0.3) is 0 Å². The number of amides is 1. The molecule has 1 atom stereocenters. The number of hydrogen-bond donors (Lipinski definition) is 1. The van der Waals surface area contributed by atoms with E-state index in [9.17, 15) is 13.2 Å². The van der Waals surface area contributed by atoms with Crippen LogP contribution in [0.1, 0.15) is 37.8 Å². The summed E-state index contributed by atoms with van der Waals surface area (Å²) in [6.45, 7) is 8.42. The number of sulfonamides is 1. The summed E-state index contributed by atoms with van der Waals surface area (Å²) in [6, 6.07) is 11.1. The van der Waals surface area contributed by atoms with Gasteiger partial charge in [0, 0.05) is 13.1 Å². The quantitative estimate of drug-likeness (QED) is 0.622. The van der Waals surface area contributed by atoms with E-state index in [1.54, 1.807) is 42.5 Å². The summed E-state index contributed by atoms with van der Waals surface area (Å²) in [6.07, 6.45) is 0.867. The van der Waals surface area contributed by atoms with Crippen LogP contribution in [0.15, 0.2) is 53.9 Å². The zero-order valence-electron chi connectivity index (χ0n) is 17.6. The van der Waals surface area contributed by atoms with Crippen LogP contribution in [0, 0.1) is 5.92 Å². The Hall–Kier alpha value is -1.86. The van der Waals surface area contributed by atoms with Gasteiger partial charge in [0.1, 0.15) is 6.04 Å². The van der Waals surface area contributed by atoms with Crippen LogP contribution in [-0.2, 0) is 21.4 Å². The minimum Gasteiger partial charge on any atom is -0.351 e. The molecule has 1 aliphatic heterocycles. The fraction of sp³-hybridized carbons (Fsp3) is 0.348. The van der Waals surface area contributed by atoms with Crippen LogP contribution in [0.5, 0.6) is 0 Å². The Kier molecular flexibility index (Phi) is 7.47. The van der Waals surface area contributed by atoms with E-state index in [0.717, 1.165) is 11.1 Å². The molecule has 0 bridgehead atoms. The van der Waals surface area contributed by atoms with Crippen molar-refractivity contribution >= 4 is 44.7 Å². The van der Waals surface area contributed by atoms with Gasteiger partial charge >= 0.3 is 0 Å². The second-order valence-corrected chi connectivity index (χ2v) is 10.8. The van der Waals surface area contributed by atoms with Crippen molar-refractivity contribution < 1.29 is 13.2 Å². The van der Waals surface area contributed by atoms with Gasteiger partial charge in [-0.2, -0.15) is 4.31 Å². The van der Waals surface area contributed by atoms with Crippen LogP contribution >= 0.6 is 23.2 Å². The van der Waals surface area contributed by atoms with Crippen LogP contribution in [-0.4, -0.2) is 31.2 Å². The maximum Gasteiger partial charge on any atom is 0.244 e. The highest BCUT2D eigenvalue weighted by molar-refractivity contribution is 7.89. The van der Waals surface area contributed by atoms with Crippen molar-refractivity contribution in [2.45, 2.75) is 44.2 Å². The van der Waals surface area contributed by atoms with E-state index < -0.39 is 16.1 Å². The molecule has 1 N–H and O–H groups in total. The molecule has 8 heteroatoms. The Bertz CT molecular complexity index is 1100. The van der Waals surface area contributed by atoms with E-state index in [0.29, 0.717) is 28.5 Å². The molecule has 1 amide bonds. The topological polar surface area (TPSA) is 66.5 Å². The predicted octanol–water partition coefficient (Wildman–Crippen LogP) is 5.13. The van der Waals surface area contributed by atoms with Crippen LogP contribution in [0.3, 0.4) is 0 Å². The first-order valence-electron chi connectivity index (χ1n) is 10.1. The number of carbonyl (C=O) groups is 1. The lowest BCUT2D eigenvalue weighted by molar-refractivity contribution is -0.125. The summed E-state index contributed by atoms with van der Waals surface area (Å²) >= 11 is 12.0. The third-order valence-electron chi connectivity index (χ3n) is 5.28. The first-order chi connectivity index (χ1) is 14.6. The molecule has 1 aliphatic rings. The number of nitrogens with zero attached hydrogens (tertiary/aromatic N) is 1. The van der Waals surface area contributed by atoms with Gasteiger partial charge in [-0.3, -0.25) is 4.79 Å². The number of benzene rings is 2. The van der Waals surface area contributed by atoms with Crippen molar-refractivity contribution in [2.75, 3.05) is 6.54 Å². The standard InChI is InChI=1S/C23H26Cl2N2O3S/c1-15(2)12-21(23(28)26-14-17-8-9-19(24)20(25)13-17)27-11-10-16(3)18-6-4-5-7-22(18)31(27,29)30/h4-9,13,15,21H,3,10-12,14H2,1-2H3,(H,26,28)/t21-/m0/s1. The molecule has 2 aromatic carbocycles. The summed E-state index contributed by atoms with van der Waals surface area (Å²) in [5.41, 5.74) is 2.15. The van der Waals surface area contributed by atoms with Crippen molar-refractivity contribution in [3.8, 4) is 0 Å². The van der Waals surface area contributed by atoms with E-state index in [1.165, 1.54) is 4.31 Å². The van der Waals surface area contributed by atoms with Crippen LogP contribution in [0.2, 0.25) is 10.0 Å². The smallest absolute Gasteiger partial charge is 0.244 e. The molecule has 0 aromatic heterocycles. The van der Waals surface area contributed by atoms with Gasteiger partial charge in [0.2, 0.25) is 15.9 Å². The number of carbonyl (C=O) groups excluding carboxylic acids is 1. The number of hydrogen-bond acceptors (Lipinski definition) is 3. The Morgan fingerprint density at radius 1 is 1.16 bits per heavy atom. The number of rotatable bonds is 6. The van der Waals surface area contributed by atoms with Crippen molar-refractivity contribution in [1.29, 1.82) is 0 Å². The zero-order valence-corrected chi connectivity index (χ0v) is 19.9. The Balaban J connectivity index is 1.89. The summed E-state index contributed by atoms with van der Waals surface area (Å²) in [4.78, 5) is 13.4. The van der Waals surface area contributed by atoms with Gasteiger partial charge in [0.15, 0.2) is 0 Å². The molecule has 2 aromatic rings. The molecule has 0 saturated heterocycles. The minimum absolute atomic E-state index is 0.123. The second-order valence-electron chi connectivity index (χ2n) is 8.08. The molecule has 31 heavy (non-hydrogen) atoms. The van der Waals surface area contributed by atoms with Gasteiger partial charge in [-0.05, 0) is 53.7 Å². The predicted molar refractivity (Wildman–Crippen MR) is 126 cm³/mol. The molecule has 1 heterocycles. The van der Waals surface area contributed by atoms with E-state index in [2.05, 4.69) is 11.9 Å². The lowest BCUT2D eigenvalue weighted by Gasteiger charge is -2.30. The Morgan fingerprint density at radius 3 is 2.55 bits per heavy atom. The molecule has 0 aliphatic carbocycles. The molecule has 5 nitrogen and oxygen atoms in total. The van der Waals surface area contributed by atoms with E-state index in [1.807, 2.05) is 13.8 Å². The van der Waals surface area contributed by atoms with E-state index in [-0.39, 0.29) is 29.8 Å². The van der Waals surface area contributed by atoms with Gasteiger partial charge in [0.05, 0.1) is 14.9 Å². The second kappa shape index (κ2) is 9.74. The molecule has 166 valence electrons.